The van der Waals surface area contributed by atoms with Crippen molar-refractivity contribution in [3.63, 3.8) is 0 Å². The molecule has 0 radical (unpaired) electrons. The van der Waals surface area contributed by atoms with Gasteiger partial charge in [0.25, 0.3) is 15.9 Å². The number of carbonyl (C=O) groups is 1. The second-order valence-electron chi connectivity index (χ2n) is 4.92. The van der Waals surface area contributed by atoms with Crippen molar-refractivity contribution in [1.82, 2.24) is 4.47 Å². The van der Waals surface area contributed by atoms with Crippen LogP contribution in [-0.4, -0.2) is 40.1 Å². The molecule has 0 saturated heterocycles. The summed E-state index contributed by atoms with van der Waals surface area (Å²) in [6.07, 6.45) is 0. The molecule has 0 aliphatic heterocycles. The summed E-state index contributed by atoms with van der Waals surface area (Å²) in [7, 11) is 0.111. The van der Waals surface area contributed by atoms with E-state index in [0.29, 0.717) is 20.9 Å². The van der Waals surface area contributed by atoms with Gasteiger partial charge in [0.2, 0.25) is 0 Å². The van der Waals surface area contributed by atoms with Crippen molar-refractivity contribution in [3.8, 4) is 5.75 Å². The fourth-order valence-electron chi connectivity index (χ4n) is 2.02. The van der Waals surface area contributed by atoms with Gasteiger partial charge in [0.1, 0.15) is 5.75 Å². The average molecular weight is 385 g/mol. The maximum atomic E-state index is 12.5. The molecule has 9 heteroatoms. The Morgan fingerprint density at radius 1 is 1.16 bits per heavy atom. The third kappa shape index (κ3) is 4.29. The normalized spacial score (nSPS) is 11.4. The molecule has 1 amide bonds. The molecular formula is C16H17ClN2O5S. The van der Waals surface area contributed by atoms with Crippen LogP contribution in [-0.2, 0) is 14.9 Å². The fourth-order valence-corrected chi connectivity index (χ4v) is 3.21. The summed E-state index contributed by atoms with van der Waals surface area (Å²) in [6, 6.07) is 10.4. The van der Waals surface area contributed by atoms with E-state index in [1.54, 1.807) is 12.1 Å². The SMILES string of the molecule is COc1ccc(Cl)cc1NC(=O)c1cccc(S(=O)(=O)N(C)OC)c1. The van der Waals surface area contributed by atoms with Crippen LogP contribution in [0.15, 0.2) is 47.4 Å². The van der Waals surface area contributed by atoms with Crippen molar-refractivity contribution in [2.24, 2.45) is 0 Å². The number of rotatable bonds is 6. The lowest BCUT2D eigenvalue weighted by Crippen LogP contribution is -2.26. The molecule has 25 heavy (non-hydrogen) atoms. The van der Waals surface area contributed by atoms with Crippen LogP contribution in [0.4, 0.5) is 5.69 Å². The molecule has 0 saturated carbocycles. The average Bonchev–Trinajstić information content (AvgIpc) is 2.61. The molecule has 2 aromatic rings. The van der Waals surface area contributed by atoms with Crippen molar-refractivity contribution in [2.75, 3.05) is 26.6 Å². The van der Waals surface area contributed by atoms with Gasteiger partial charge in [-0.05, 0) is 36.4 Å². The Labute approximate surface area is 151 Å². The zero-order chi connectivity index (χ0) is 18.6. The van der Waals surface area contributed by atoms with Crippen LogP contribution in [0.5, 0.6) is 5.75 Å². The molecule has 0 atom stereocenters. The summed E-state index contributed by atoms with van der Waals surface area (Å²) in [5, 5.41) is 3.08. The molecule has 0 heterocycles. The first-order valence-electron chi connectivity index (χ1n) is 7.07. The number of hydrogen-bond acceptors (Lipinski definition) is 5. The zero-order valence-electron chi connectivity index (χ0n) is 13.8. The highest BCUT2D eigenvalue weighted by molar-refractivity contribution is 7.89. The number of ether oxygens (including phenoxy) is 1. The van der Waals surface area contributed by atoms with Gasteiger partial charge in [0, 0.05) is 17.6 Å². The second-order valence-corrected chi connectivity index (χ2v) is 7.30. The molecule has 0 unspecified atom stereocenters. The number of nitrogens with zero attached hydrogens (tertiary/aromatic N) is 1. The van der Waals surface area contributed by atoms with Crippen LogP contribution in [0.2, 0.25) is 5.02 Å². The zero-order valence-corrected chi connectivity index (χ0v) is 15.4. The Morgan fingerprint density at radius 3 is 2.52 bits per heavy atom. The van der Waals surface area contributed by atoms with E-state index in [9.17, 15) is 13.2 Å². The summed E-state index contributed by atoms with van der Waals surface area (Å²) in [5.41, 5.74) is 0.537. The molecule has 1 N–H and O–H groups in total. The number of hydroxylamine groups is 1. The number of sulfonamides is 1. The lowest BCUT2D eigenvalue weighted by atomic mass is 10.2. The predicted octanol–water partition coefficient (Wildman–Crippen LogP) is 2.78. The third-order valence-corrected chi connectivity index (χ3v) is 5.31. The second kappa shape index (κ2) is 7.83. The van der Waals surface area contributed by atoms with Crippen LogP contribution < -0.4 is 10.1 Å². The van der Waals surface area contributed by atoms with E-state index in [1.165, 1.54) is 51.6 Å². The van der Waals surface area contributed by atoms with Gasteiger partial charge in [0.05, 0.1) is 24.8 Å². The summed E-state index contributed by atoms with van der Waals surface area (Å²) >= 11 is 5.93. The first-order chi connectivity index (χ1) is 11.8. The topological polar surface area (TPSA) is 84.9 Å². The maximum absolute atomic E-state index is 12.5. The summed E-state index contributed by atoms with van der Waals surface area (Å²) in [6.45, 7) is 0. The summed E-state index contributed by atoms with van der Waals surface area (Å²) < 4.78 is 30.4. The monoisotopic (exact) mass is 384 g/mol. The van der Waals surface area contributed by atoms with Crippen LogP contribution in [0.3, 0.4) is 0 Å². The molecule has 0 aliphatic rings. The molecule has 134 valence electrons. The number of halogens is 1. The highest BCUT2D eigenvalue weighted by Gasteiger charge is 2.22. The van der Waals surface area contributed by atoms with Crippen molar-refractivity contribution < 1.29 is 22.8 Å². The molecule has 0 fully saturated rings. The Morgan fingerprint density at radius 2 is 1.88 bits per heavy atom. The van der Waals surface area contributed by atoms with Crippen LogP contribution >= 0.6 is 11.6 Å². The van der Waals surface area contributed by atoms with Gasteiger partial charge in [-0.25, -0.2) is 8.42 Å². The first-order valence-corrected chi connectivity index (χ1v) is 8.89. The molecule has 0 aromatic heterocycles. The third-order valence-electron chi connectivity index (χ3n) is 3.40. The number of amides is 1. The highest BCUT2D eigenvalue weighted by atomic mass is 35.5. The van der Waals surface area contributed by atoms with E-state index in [-0.39, 0.29) is 10.5 Å². The first kappa shape index (κ1) is 19.2. The van der Waals surface area contributed by atoms with E-state index in [2.05, 4.69) is 5.32 Å². The minimum absolute atomic E-state index is 0.0671. The van der Waals surface area contributed by atoms with Gasteiger partial charge >= 0.3 is 0 Å². The lowest BCUT2D eigenvalue weighted by molar-refractivity contribution is -0.0258. The van der Waals surface area contributed by atoms with E-state index in [0.717, 1.165) is 0 Å². The van der Waals surface area contributed by atoms with E-state index in [4.69, 9.17) is 21.2 Å². The molecule has 0 bridgehead atoms. The molecular weight excluding hydrogens is 368 g/mol. The molecule has 0 spiro atoms. The van der Waals surface area contributed by atoms with Crippen LogP contribution in [0.25, 0.3) is 0 Å². The number of hydrogen-bond donors (Lipinski definition) is 1. The minimum Gasteiger partial charge on any atom is -0.495 e. The van der Waals surface area contributed by atoms with Crippen LogP contribution in [0, 0.1) is 0 Å². The van der Waals surface area contributed by atoms with Crippen molar-refractivity contribution in [3.05, 3.63) is 53.1 Å². The standard InChI is InChI=1S/C16H17ClN2O5S/c1-19(24-3)25(21,22)13-6-4-5-11(9-13)16(20)18-14-10-12(17)7-8-15(14)23-2/h4-10H,1-3H3,(H,18,20). The Balaban J connectivity index is 2.33. The predicted molar refractivity (Wildman–Crippen MR) is 94.4 cm³/mol. The number of benzene rings is 2. The molecule has 7 nitrogen and oxygen atoms in total. The minimum atomic E-state index is -3.85. The van der Waals surface area contributed by atoms with Gasteiger partial charge < -0.3 is 10.1 Å². The number of methoxy groups -OCH3 is 1. The Hall–Kier alpha value is -2.13. The molecule has 2 rings (SSSR count). The molecule has 2 aromatic carbocycles. The van der Waals surface area contributed by atoms with Gasteiger partial charge in [-0.2, -0.15) is 0 Å². The van der Waals surface area contributed by atoms with Gasteiger partial charge in [0.15, 0.2) is 0 Å². The number of anilines is 1. The lowest BCUT2D eigenvalue weighted by Gasteiger charge is -2.15. The fraction of sp³-hybridized carbons (Fsp3) is 0.188. The smallest absolute Gasteiger partial charge is 0.264 e. The highest BCUT2D eigenvalue weighted by Crippen LogP contribution is 2.28. The van der Waals surface area contributed by atoms with Gasteiger partial charge in [-0.15, -0.1) is 0 Å². The quantitative estimate of drug-likeness (QED) is 0.774. The Bertz CT molecular complexity index is 886. The number of carbonyl (C=O) groups excluding carboxylic acids is 1. The van der Waals surface area contributed by atoms with E-state index in [1.807, 2.05) is 0 Å². The summed E-state index contributed by atoms with van der Waals surface area (Å²) in [5.74, 6) is -0.0710. The number of nitrogens with one attached hydrogen (secondary N) is 1. The molecule has 0 aliphatic carbocycles. The summed E-state index contributed by atoms with van der Waals surface area (Å²) in [4.78, 5) is 17.1. The van der Waals surface area contributed by atoms with E-state index >= 15 is 0 Å². The largest absolute Gasteiger partial charge is 0.495 e. The van der Waals surface area contributed by atoms with Gasteiger partial charge in [-0.1, -0.05) is 22.1 Å². The van der Waals surface area contributed by atoms with Crippen molar-refractivity contribution in [1.29, 1.82) is 0 Å². The van der Waals surface area contributed by atoms with Gasteiger partial charge in [-0.3, -0.25) is 9.63 Å². The Kier molecular flexibility index (Phi) is 6.02. The van der Waals surface area contributed by atoms with Crippen LogP contribution in [0.1, 0.15) is 10.4 Å². The maximum Gasteiger partial charge on any atom is 0.264 e. The van der Waals surface area contributed by atoms with E-state index < -0.39 is 15.9 Å². The van der Waals surface area contributed by atoms with Crippen molar-refractivity contribution in [2.45, 2.75) is 4.90 Å². The van der Waals surface area contributed by atoms with Crippen molar-refractivity contribution >= 4 is 33.2 Å².